The van der Waals surface area contributed by atoms with Crippen LogP contribution in [0.1, 0.15) is 59.8 Å². The summed E-state index contributed by atoms with van der Waals surface area (Å²) in [6.07, 6.45) is 5.75. The first-order valence-electron chi connectivity index (χ1n) is 6.89. The second-order valence-electron chi connectivity index (χ2n) is 5.36. The van der Waals surface area contributed by atoms with Gasteiger partial charge < -0.3 is 9.84 Å². The Labute approximate surface area is 111 Å². The maximum Gasteiger partial charge on any atom is 0.305 e. The molecule has 0 bridgehead atoms. The maximum atomic E-state index is 11.3. The fraction of sp³-hybridized carbons (Fsp3) is 0.800. The van der Waals surface area contributed by atoms with Gasteiger partial charge in [0.05, 0.1) is 12.7 Å². The molecule has 0 fully saturated rings. The summed E-state index contributed by atoms with van der Waals surface area (Å²) in [6, 6.07) is 0. The standard InChI is InChI=1S/C15H28O3/c1-12(2)6-5-7-13(3)10-11-18-15(17)9-8-14(4)16/h6,13-14,16H,5,7-11H2,1-4H3. The first kappa shape index (κ1) is 17.2. The molecule has 0 aliphatic rings. The summed E-state index contributed by atoms with van der Waals surface area (Å²) >= 11 is 0. The molecule has 106 valence electrons. The fourth-order valence-electron chi connectivity index (χ4n) is 1.57. The smallest absolute Gasteiger partial charge is 0.305 e. The second kappa shape index (κ2) is 10.1. The van der Waals surface area contributed by atoms with Gasteiger partial charge in [-0.2, -0.15) is 0 Å². The highest BCUT2D eigenvalue weighted by atomic mass is 16.5. The SMILES string of the molecule is CC(C)=CCCC(C)CCOC(=O)CCC(C)O. The minimum Gasteiger partial charge on any atom is -0.466 e. The Bertz CT molecular complexity index is 252. The van der Waals surface area contributed by atoms with Crippen LogP contribution in [0.2, 0.25) is 0 Å². The molecule has 2 unspecified atom stereocenters. The van der Waals surface area contributed by atoms with Gasteiger partial charge in [0, 0.05) is 6.42 Å². The van der Waals surface area contributed by atoms with Crippen LogP contribution in [0.25, 0.3) is 0 Å². The highest BCUT2D eigenvalue weighted by molar-refractivity contribution is 5.69. The summed E-state index contributed by atoms with van der Waals surface area (Å²) in [5, 5.41) is 9.04. The third kappa shape index (κ3) is 11.6. The zero-order valence-corrected chi connectivity index (χ0v) is 12.2. The van der Waals surface area contributed by atoms with Gasteiger partial charge >= 0.3 is 5.97 Å². The van der Waals surface area contributed by atoms with Crippen molar-refractivity contribution in [2.24, 2.45) is 5.92 Å². The fourth-order valence-corrected chi connectivity index (χ4v) is 1.57. The van der Waals surface area contributed by atoms with Crippen LogP contribution in [0, 0.1) is 5.92 Å². The van der Waals surface area contributed by atoms with Crippen LogP contribution in [0.3, 0.4) is 0 Å². The van der Waals surface area contributed by atoms with Crippen molar-refractivity contribution in [2.75, 3.05) is 6.61 Å². The highest BCUT2D eigenvalue weighted by Gasteiger charge is 2.07. The van der Waals surface area contributed by atoms with E-state index in [2.05, 4.69) is 26.8 Å². The maximum absolute atomic E-state index is 11.3. The Morgan fingerprint density at radius 3 is 2.44 bits per heavy atom. The largest absolute Gasteiger partial charge is 0.466 e. The zero-order valence-electron chi connectivity index (χ0n) is 12.2. The van der Waals surface area contributed by atoms with Crippen molar-refractivity contribution >= 4 is 5.97 Å². The van der Waals surface area contributed by atoms with Crippen molar-refractivity contribution in [1.82, 2.24) is 0 Å². The van der Waals surface area contributed by atoms with Gasteiger partial charge in [0.1, 0.15) is 0 Å². The molecule has 1 N–H and O–H groups in total. The molecular formula is C15H28O3. The molecule has 18 heavy (non-hydrogen) atoms. The number of esters is 1. The highest BCUT2D eigenvalue weighted by Crippen LogP contribution is 2.12. The average molecular weight is 256 g/mol. The Morgan fingerprint density at radius 2 is 1.89 bits per heavy atom. The number of hydrogen-bond donors (Lipinski definition) is 1. The van der Waals surface area contributed by atoms with Gasteiger partial charge in [-0.1, -0.05) is 18.6 Å². The van der Waals surface area contributed by atoms with E-state index in [1.54, 1.807) is 6.92 Å². The number of carbonyl (C=O) groups excluding carboxylic acids is 1. The van der Waals surface area contributed by atoms with Crippen molar-refractivity contribution in [2.45, 2.75) is 65.9 Å². The summed E-state index contributed by atoms with van der Waals surface area (Å²) in [5.41, 5.74) is 1.35. The van der Waals surface area contributed by atoms with E-state index in [0.29, 0.717) is 25.4 Å². The number of hydrogen-bond acceptors (Lipinski definition) is 3. The summed E-state index contributed by atoms with van der Waals surface area (Å²) in [5.74, 6) is 0.373. The Kier molecular flexibility index (Phi) is 9.66. The van der Waals surface area contributed by atoms with Crippen molar-refractivity contribution in [1.29, 1.82) is 0 Å². The van der Waals surface area contributed by atoms with Crippen molar-refractivity contribution in [3.63, 3.8) is 0 Å². The second-order valence-corrected chi connectivity index (χ2v) is 5.36. The molecule has 0 aliphatic heterocycles. The van der Waals surface area contributed by atoms with Crippen LogP contribution in [0.15, 0.2) is 11.6 Å². The van der Waals surface area contributed by atoms with Crippen LogP contribution in [0.4, 0.5) is 0 Å². The molecule has 0 radical (unpaired) electrons. The molecule has 3 heteroatoms. The molecule has 0 aromatic rings. The molecular weight excluding hydrogens is 228 g/mol. The molecule has 0 aliphatic carbocycles. The van der Waals surface area contributed by atoms with Gasteiger partial charge in [-0.05, 0) is 52.4 Å². The van der Waals surface area contributed by atoms with Gasteiger partial charge in [-0.3, -0.25) is 4.79 Å². The lowest BCUT2D eigenvalue weighted by atomic mass is 10.0. The molecule has 2 atom stereocenters. The predicted molar refractivity (Wildman–Crippen MR) is 74.3 cm³/mol. The summed E-state index contributed by atoms with van der Waals surface area (Å²) < 4.78 is 5.13. The minimum absolute atomic E-state index is 0.201. The van der Waals surface area contributed by atoms with Crippen molar-refractivity contribution < 1.29 is 14.6 Å². The predicted octanol–water partition coefficient (Wildman–Crippen LogP) is 3.46. The van der Waals surface area contributed by atoms with Crippen molar-refractivity contribution in [3.8, 4) is 0 Å². The van der Waals surface area contributed by atoms with Crippen LogP contribution in [-0.2, 0) is 9.53 Å². The quantitative estimate of drug-likeness (QED) is 0.507. The third-order valence-electron chi connectivity index (χ3n) is 2.85. The van der Waals surface area contributed by atoms with E-state index in [9.17, 15) is 4.79 Å². The number of allylic oxidation sites excluding steroid dienone is 2. The lowest BCUT2D eigenvalue weighted by molar-refractivity contribution is -0.144. The van der Waals surface area contributed by atoms with Crippen LogP contribution in [0.5, 0.6) is 0 Å². The number of aliphatic hydroxyl groups excluding tert-OH is 1. The molecule has 0 aromatic carbocycles. The van der Waals surface area contributed by atoms with Crippen LogP contribution in [-0.4, -0.2) is 23.8 Å². The normalized spacial score (nSPS) is 13.8. The first-order chi connectivity index (χ1) is 8.41. The monoisotopic (exact) mass is 256 g/mol. The number of ether oxygens (including phenoxy) is 1. The van der Waals surface area contributed by atoms with E-state index in [1.165, 1.54) is 5.57 Å². The first-order valence-corrected chi connectivity index (χ1v) is 6.89. The van der Waals surface area contributed by atoms with E-state index in [0.717, 1.165) is 19.3 Å². The Balaban J connectivity index is 3.52. The van der Waals surface area contributed by atoms with E-state index >= 15 is 0 Å². The molecule has 0 rings (SSSR count). The van der Waals surface area contributed by atoms with E-state index in [-0.39, 0.29) is 5.97 Å². The zero-order chi connectivity index (χ0) is 14.0. The number of rotatable bonds is 9. The van der Waals surface area contributed by atoms with E-state index in [4.69, 9.17) is 9.84 Å². The third-order valence-corrected chi connectivity index (χ3v) is 2.85. The Morgan fingerprint density at radius 1 is 1.22 bits per heavy atom. The molecule has 0 saturated carbocycles. The summed E-state index contributed by atoms with van der Waals surface area (Å²) in [4.78, 5) is 11.3. The molecule has 0 amide bonds. The Hall–Kier alpha value is -0.830. The van der Waals surface area contributed by atoms with Gasteiger partial charge in [0.2, 0.25) is 0 Å². The molecule has 0 spiro atoms. The molecule has 0 aromatic heterocycles. The molecule has 0 saturated heterocycles. The van der Waals surface area contributed by atoms with Gasteiger partial charge in [-0.15, -0.1) is 0 Å². The van der Waals surface area contributed by atoms with Gasteiger partial charge in [-0.25, -0.2) is 0 Å². The van der Waals surface area contributed by atoms with Gasteiger partial charge in [0.25, 0.3) is 0 Å². The van der Waals surface area contributed by atoms with Crippen molar-refractivity contribution in [3.05, 3.63) is 11.6 Å². The van der Waals surface area contributed by atoms with E-state index < -0.39 is 6.10 Å². The minimum atomic E-state index is -0.430. The number of carbonyl (C=O) groups is 1. The summed E-state index contributed by atoms with van der Waals surface area (Å²) in [7, 11) is 0. The lowest BCUT2D eigenvalue weighted by Gasteiger charge is -2.11. The lowest BCUT2D eigenvalue weighted by Crippen LogP contribution is -2.11. The molecule has 3 nitrogen and oxygen atoms in total. The molecule has 0 heterocycles. The van der Waals surface area contributed by atoms with Gasteiger partial charge in [0.15, 0.2) is 0 Å². The van der Waals surface area contributed by atoms with Crippen LogP contribution < -0.4 is 0 Å². The number of aliphatic hydroxyl groups is 1. The topological polar surface area (TPSA) is 46.5 Å². The van der Waals surface area contributed by atoms with Crippen LogP contribution >= 0.6 is 0 Å². The van der Waals surface area contributed by atoms with E-state index in [1.807, 2.05) is 0 Å². The average Bonchev–Trinajstić information content (AvgIpc) is 2.25. The summed E-state index contributed by atoms with van der Waals surface area (Å²) in [6.45, 7) is 8.57.